The zero-order chi connectivity index (χ0) is 14.0. The Labute approximate surface area is 123 Å². The first kappa shape index (κ1) is 14.4. The Morgan fingerprint density at radius 1 is 1.05 bits per heavy atom. The van der Waals surface area contributed by atoms with Crippen LogP contribution in [-0.4, -0.2) is 48.9 Å². The Balaban J connectivity index is 1.55. The summed E-state index contributed by atoms with van der Waals surface area (Å²) in [6, 6.07) is 0. The summed E-state index contributed by atoms with van der Waals surface area (Å²) in [6.45, 7) is 4.49. The predicted octanol–water partition coefficient (Wildman–Crippen LogP) is 2.90. The van der Waals surface area contributed by atoms with Gasteiger partial charge < -0.3 is 9.80 Å². The number of carbonyl (C=O) groups is 1. The first-order valence-corrected chi connectivity index (χ1v) is 8.63. The molecule has 1 spiro atoms. The predicted molar refractivity (Wildman–Crippen MR) is 81.6 cm³/mol. The monoisotopic (exact) mass is 278 g/mol. The van der Waals surface area contributed by atoms with Crippen LogP contribution in [0.3, 0.4) is 0 Å². The molecule has 3 fully saturated rings. The zero-order valence-corrected chi connectivity index (χ0v) is 13.1. The fourth-order valence-corrected chi connectivity index (χ4v) is 4.51. The van der Waals surface area contributed by atoms with E-state index in [1.54, 1.807) is 0 Å². The Kier molecular flexibility index (Phi) is 4.34. The van der Waals surface area contributed by atoms with E-state index in [4.69, 9.17) is 0 Å². The average molecular weight is 278 g/mol. The van der Waals surface area contributed by atoms with Gasteiger partial charge in [-0.2, -0.15) is 0 Å². The van der Waals surface area contributed by atoms with E-state index in [0.717, 1.165) is 19.5 Å². The Morgan fingerprint density at radius 2 is 1.75 bits per heavy atom. The van der Waals surface area contributed by atoms with Crippen molar-refractivity contribution in [1.29, 1.82) is 0 Å². The molecule has 3 rings (SSSR count). The molecule has 2 aliphatic heterocycles. The lowest BCUT2D eigenvalue weighted by molar-refractivity contribution is -0.136. The second-order valence-electron chi connectivity index (χ2n) is 7.58. The fraction of sp³-hybridized carbons (Fsp3) is 0.941. The topological polar surface area (TPSA) is 23.6 Å². The minimum Gasteiger partial charge on any atom is -0.342 e. The molecule has 0 bridgehead atoms. The van der Waals surface area contributed by atoms with Gasteiger partial charge in [0.05, 0.1) is 0 Å². The van der Waals surface area contributed by atoms with Crippen molar-refractivity contribution >= 4 is 5.91 Å². The molecule has 2 saturated heterocycles. The van der Waals surface area contributed by atoms with Crippen LogP contribution in [-0.2, 0) is 4.79 Å². The summed E-state index contributed by atoms with van der Waals surface area (Å²) >= 11 is 0. The van der Waals surface area contributed by atoms with Crippen LogP contribution in [0.25, 0.3) is 0 Å². The van der Waals surface area contributed by atoms with Crippen LogP contribution < -0.4 is 0 Å². The highest BCUT2D eigenvalue weighted by Crippen LogP contribution is 2.40. The van der Waals surface area contributed by atoms with Gasteiger partial charge in [0.25, 0.3) is 0 Å². The van der Waals surface area contributed by atoms with Crippen LogP contribution in [0.1, 0.15) is 57.8 Å². The van der Waals surface area contributed by atoms with Crippen molar-refractivity contribution in [3.8, 4) is 0 Å². The molecular weight excluding hydrogens is 248 g/mol. The van der Waals surface area contributed by atoms with Gasteiger partial charge >= 0.3 is 0 Å². The van der Waals surface area contributed by atoms with E-state index < -0.39 is 0 Å². The molecule has 0 aromatic carbocycles. The number of hydrogen-bond acceptors (Lipinski definition) is 2. The highest BCUT2D eigenvalue weighted by Gasteiger charge is 2.39. The highest BCUT2D eigenvalue weighted by atomic mass is 16.2. The molecule has 114 valence electrons. The van der Waals surface area contributed by atoms with Crippen LogP contribution in [0.4, 0.5) is 0 Å². The number of rotatable bonds is 2. The van der Waals surface area contributed by atoms with Crippen LogP contribution in [0.5, 0.6) is 0 Å². The number of likely N-dealkylation sites (tertiary alicyclic amines) is 2. The normalized spacial score (nSPS) is 28.1. The minimum absolute atomic E-state index is 0.454. The summed E-state index contributed by atoms with van der Waals surface area (Å²) in [4.78, 5) is 17.2. The quantitative estimate of drug-likeness (QED) is 0.775. The van der Waals surface area contributed by atoms with E-state index in [-0.39, 0.29) is 0 Å². The molecule has 0 atom stereocenters. The van der Waals surface area contributed by atoms with Crippen molar-refractivity contribution in [2.45, 2.75) is 57.8 Å². The first-order valence-electron chi connectivity index (χ1n) is 8.63. The van der Waals surface area contributed by atoms with E-state index in [0.29, 0.717) is 17.2 Å². The number of piperidine rings is 2. The van der Waals surface area contributed by atoms with E-state index in [1.807, 2.05) is 0 Å². The van der Waals surface area contributed by atoms with Gasteiger partial charge in [-0.05, 0) is 70.0 Å². The zero-order valence-electron chi connectivity index (χ0n) is 13.1. The highest BCUT2D eigenvalue weighted by molar-refractivity contribution is 5.76. The average Bonchev–Trinajstić information content (AvgIpc) is 2.96. The maximum absolute atomic E-state index is 12.6. The van der Waals surface area contributed by atoms with Gasteiger partial charge in [0, 0.05) is 19.5 Å². The molecule has 1 amide bonds. The second kappa shape index (κ2) is 6.05. The molecule has 0 aromatic heterocycles. The van der Waals surface area contributed by atoms with Crippen LogP contribution in [0, 0.1) is 11.3 Å². The SMILES string of the molecule is CN1CCC2(CCCN(C(=O)CC3CCCC3)C2)CC1. The molecule has 1 aliphatic carbocycles. The molecule has 0 N–H and O–H groups in total. The van der Waals surface area contributed by atoms with Gasteiger partial charge in [0.1, 0.15) is 0 Å². The number of carbonyl (C=O) groups excluding carboxylic acids is 1. The summed E-state index contributed by atoms with van der Waals surface area (Å²) in [7, 11) is 2.22. The third-order valence-electron chi connectivity index (χ3n) is 6.00. The smallest absolute Gasteiger partial charge is 0.222 e. The van der Waals surface area contributed by atoms with Gasteiger partial charge in [-0.25, -0.2) is 0 Å². The van der Waals surface area contributed by atoms with E-state index in [2.05, 4.69) is 16.8 Å². The molecule has 1 saturated carbocycles. The Hall–Kier alpha value is -0.570. The molecule has 2 heterocycles. The van der Waals surface area contributed by atoms with Gasteiger partial charge in [-0.15, -0.1) is 0 Å². The van der Waals surface area contributed by atoms with Crippen molar-refractivity contribution in [1.82, 2.24) is 9.80 Å². The van der Waals surface area contributed by atoms with Crippen molar-refractivity contribution in [3.63, 3.8) is 0 Å². The number of hydrogen-bond donors (Lipinski definition) is 0. The standard InChI is InChI=1S/C17H30N2O/c1-18-11-8-17(9-12-18)7-4-10-19(14-17)16(20)13-15-5-2-3-6-15/h15H,2-14H2,1H3. The lowest BCUT2D eigenvalue weighted by atomic mass is 9.72. The molecule has 0 radical (unpaired) electrons. The fourth-order valence-electron chi connectivity index (χ4n) is 4.51. The van der Waals surface area contributed by atoms with Crippen LogP contribution in [0.2, 0.25) is 0 Å². The number of amides is 1. The Morgan fingerprint density at radius 3 is 2.45 bits per heavy atom. The summed E-state index contributed by atoms with van der Waals surface area (Å²) < 4.78 is 0. The van der Waals surface area contributed by atoms with Gasteiger partial charge in [0.2, 0.25) is 5.91 Å². The molecule has 0 unspecified atom stereocenters. The van der Waals surface area contributed by atoms with Crippen molar-refractivity contribution in [3.05, 3.63) is 0 Å². The van der Waals surface area contributed by atoms with Gasteiger partial charge in [-0.1, -0.05) is 12.8 Å². The summed E-state index contributed by atoms with van der Waals surface area (Å²) in [5.41, 5.74) is 0.454. The summed E-state index contributed by atoms with van der Waals surface area (Å²) in [5.74, 6) is 1.15. The number of nitrogens with zero attached hydrogens (tertiary/aromatic N) is 2. The van der Waals surface area contributed by atoms with Crippen molar-refractivity contribution in [2.75, 3.05) is 33.2 Å². The van der Waals surface area contributed by atoms with Gasteiger partial charge in [0.15, 0.2) is 0 Å². The van der Waals surface area contributed by atoms with Crippen molar-refractivity contribution in [2.24, 2.45) is 11.3 Å². The maximum Gasteiger partial charge on any atom is 0.222 e. The lowest BCUT2D eigenvalue weighted by Gasteiger charge is -2.47. The van der Waals surface area contributed by atoms with E-state index in [1.165, 1.54) is 64.5 Å². The lowest BCUT2D eigenvalue weighted by Crippen LogP contribution is -2.50. The molecule has 3 nitrogen and oxygen atoms in total. The first-order chi connectivity index (χ1) is 9.67. The van der Waals surface area contributed by atoms with Gasteiger partial charge in [-0.3, -0.25) is 4.79 Å². The molecule has 3 aliphatic rings. The third kappa shape index (κ3) is 3.19. The molecule has 3 heteroatoms. The Bertz CT molecular complexity index is 341. The molecule has 0 aromatic rings. The van der Waals surface area contributed by atoms with Crippen molar-refractivity contribution < 1.29 is 4.79 Å². The van der Waals surface area contributed by atoms with E-state index in [9.17, 15) is 4.79 Å². The largest absolute Gasteiger partial charge is 0.342 e. The second-order valence-corrected chi connectivity index (χ2v) is 7.58. The third-order valence-corrected chi connectivity index (χ3v) is 6.00. The molecular formula is C17H30N2O. The summed E-state index contributed by atoms with van der Waals surface area (Å²) in [6.07, 6.45) is 11.2. The van der Waals surface area contributed by atoms with E-state index >= 15 is 0 Å². The minimum atomic E-state index is 0.454. The van der Waals surface area contributed by atoms with Crippen LogP contribution >= 0.6 is 0 Å². The maximum atomic E-state index is 12.6. The van der Waals surface area contributed by atoms with Crippen LogP contribution in [0.15, 0.2) is 0 Å². The summed E-state index contributed by atoms with van der Waals surface area (Å²) in [5, 5.41) is 0. The molecule has 20 heavy (non-hydrogen) atoms.